The minimum atomic E-state index is -0.244. The summed E-state index contributed by atoms with van der Waals surface area (Å²) < 4.78 is 4.93. The van der Waals surface area contributed by atoms with E-state index in [1.54, 1.807) is 13.0 Å². The molecule has 0 radical (unpaired) electrons. The van der Waals surface area contributed by atoms with Gasteiger partial charge >= 0.3 is 0 Å². The molecule has 1 N–H and O–H groups in total. The molecule has 0 saturated carbocycles. The van der Waals surface area contributed by atoms with Crippen LogP contribution in [0.15, 0.2) is 34.9 Å². The van der Waals surface area contributed by atoms with Crippen LogP contribution in [0.3, 0.4) is 0 Å². The molecule has 4 heteroatoms. The maximum atomic E-state index is 11.9. The first-order chi connectivity index (χ1) is 8.58. The summed E-state index contributed by atoms with van der Waals surface area (Å²) in [6.45, 7) is 5.76. The van der Waals surface area contributed by atoms with E-state index in [-0.39, 0.29) is 17.7 Å². The Balaban J connectivity index is 2.10. The number of benzene rings is 1. The van der Waals surface area contributed by atoms with Gasteiger partial charge in [-0.25, -0.2) is 0 Å². The van der Waals surface area contributed by atoms with E-state index in [9.17, 15) is 4.79 Å². The maximum absolute atomic E-state index is 11.9. The average Bonchev–Trinajstić information content (AvgIpc) is 2.76. The fraction of sp³-hybridized carbons (Fsp3) is 0.286. The van der Waals surface area contributed by atoms with Gasteiger partial charge in [0, 0.05) is 6.07 Å². The predicted molar refractivity (Wildman–Crippen MR) is 68.3 cm³/mol. The van der Waals surface area contributed by atoms with Gasteiger partial charge in [0.2, 0.25) is 5.76 Å². The van der Waals surface area contributed by atoms with Crippen LogP contribution in [0.4, 0.5) is 0 Å². The zero-order valence-electron chi connectivity index (χ0n) is 10.7. The number of rotatable bonds is 3. The zero-order chi connectivity index (χ0) is 13.1. The lowest BCUT2D eigenvalue weighted by Gasteiger charge is -2.15. The third-order valence-corrected chi connectivity index (χ3v) is 2.85. The molecule has 1 aromatic heterocycles. The number of hydrogen-bond acceptors (Lipinski definition) is 3. The first-order valence-corrected chi connectivity index (χ1v) is 5.87. The highest BCUT2D eigenvalue weighted by Gasteiger charge is 2.16. The molecule has 1 aromatic carbocycles. The number of amides is 1. The summed E-state index contributed by atoms with van der Waals surface area (Å²) in [5.74, 6) is -0.000660. The third-order valence-electron chi connectivity index (χ3n) is 2.85. The monoisotopic (exact) mass is 244 g/mol. The Morgan fingerprint density at radius 2 is 2.06 bits per heavy atom. The second-order valence-corrected chi connectivity index (χ2v) is 4.38. The molecular weight excluding hydrogens is 228 g/mol. The Hall–Kier alpha value is -2.10. The van der Waals surface area contributed by atoms with E-state index < -0.39 is 0 Å². The van der Waals surface area contributed by atoms with Crippen LogP contribution in [-0.4, -0.2) is 11.1 Å². The van der Waals surface area contributed by atoms with E-state index in [0.29, 0.717) is 5.69 Å². The van der Waals surface area contributed by atoms with E-state index in [0.717, 1.165) is 11.1 Å². The highest BCUT2D eigenvalue weighted by Crippen LogP contribution is 2.17. The molecule has 18 heavy (non-hydrogen) atoms. The normalized spacial score (nSPS) is 12.2. The van der Waals surface area contributed by atoms with Crippen LogP contribution in [-0.2, 0) is 0 Å². The van der Waals surface area contributed by atoms with E-state index in [1.165, 1.54) is 0 Å². The molecule has 0 fully saturated rings. The van der Waals surface area contributed by atoms with Crippen molar-refractivity contribution in [2.45, 2.75) is 26.8 Å². The Bertz CT molecular complexity index is 560. The number of hydrogen-bond donors (Lipinski definition) is 1. The third kappa shape index (κ3) is 2.59. The van der Waals surface area contributed by atoms with Gasteiger partial charge in [0.15, 0.2) is 0 Å². The number of carbonyl (C=O) groups excluding carboxylic acids is 1. The number of aryl methyl sites for hydroxylation is 2. The maximum Gasteiger partial charge on any atom is 0.290 e. The molecule has 1 atom stereocenters. The molecule has 0 aliphatic heterocycles. The lowest BCUT2D eigenvalue weighted by atomic mass is 10.0. The van der Waals surface area contributed by atoms with Crippen LogP contribution in [0, 0.1) is 13.8 Å². The highest BCUT2D eigenvalue weighted by molar-refractivity contribution is 5.91. The molecule has 0 aliphatic rings. The average molecular weight is 244 g/mol. The zero-order valence-corrected chi connectivity index (χ0v) is 10.7. The van der Waals surface area contributed by atoms with Crippen molar-refractivity contribution in [1.82, 2.24) is 10.5 Å². The van der Waals surface area contributed by atoms with Crippen molar-refractivity contribution < 1.29 is 9.32 Å². The largest absolute Gasteiger partial charge is 0.351 e. The van der Waals surface area contributed by atoms with Gasteiger partial charge in [0.25, 0.3) is 5.91 Å². The summed E-state index contributed by atoms with van der Waals surface area (Å²) in [5.41, 5.74) is 2.95. The fourth-order valence-corrected chi connectivity index (χ4v) is 1.89. The SMILES string of the molecule is Cc1cc(C(=O)NC(C)c2ccccc2C)on1. The first kappa shape index (κ1) is 12.4. The van der Waals surface area contributed by atoms with Gasteiger partial charge in [-0.1, -0.05) is 29.4 Å². The lowest BCUT2D eigenvalue weighted by molar-refractivity contribution is 0.0902. The number of carbonyl (C=O) groups is 1. The molecule has 1 heterocycles. The van der Waals surface area contributed by atoms with Crippen molar-refractivity contribution in [2.24, 2.45) is 0 Å². The second kappa shape index (κ2) is 5.04. The molecule has 94 valence electrons. The van der Waals surface area contributed by atoms with E-state index in [1.807, 2.05) is 38.1 Å². The van der Waals surface area contributed by atoms with Crippen LogP contribution in [0.25, 0.3) is 0 Å². The van der Waals surface area contributed by atoms with Crippen LogP contribution in [0.1, 0.15) is 40.3 Å². The van der Waals surface area contributed by atoms with E-state index in [2.05, 4.69) is 10.5 Å². The molecule has 2 aromatic rings. The number of nitrogens with one attached hydrogen (secondary N) is 1. The van der Waals surface area contributed by atoms with Gasteiger partial charge in [-0.15, -0.1) is 0 Å². The van der Waals surface area contributed by atoms with E-state index >= 15 is 0 Å². The first-order valence-electron chi connectivity index (χ1n) is 5.87. The minimum Gasteiger partial charge on any atom is -0.351 e. The molecule has 0 bridgehead atoms. The Labute approximate surface area is 106 Å². The predicted octanol–water partition coefficient (Wildman–Crippen LogP) is 2.78. The summed E-state index contributed by atoms with van der Waals surface area (Å²) in [6.07, 6.45) is 0. The Morgan fingerprint density at radius 1 is 1.33 bits per heavy atom. The topological polar surface area (TPSA) is 55.1 Å². The summed E-state index contributed by atoms with van der Waals surface area (Å²) in [5, 5.41) is 6.59. The standard InChI is InChI=1S/C14H16N2O2/c1-9-6-4-5-7-12(9)11(3)15-14(17)13-8-10(2)16-18-13/h4-8,11H,1-3H3,(H,15,17). The molecular formula is C14H16N2O2. The Morgan fingerprint density at radius 3 is 2.67 bits per heavy atom. The van der Waals surface area contributed by atoms with Crippen molar-refractivity contribution in [3.8, 4) is 0 Å². The number of aromatic nitrogens is 1. The summed E-state index contributed by atoms with van der Waals surface area (Å²) in [7, 11) is 0. The molecule has 0 saturated heterocycles. The molecule has 4 nitrogen and oxygen atoms in total. The van der Waals surface area contributed by atoms with Gasteiger partial charge in [-0.3, -0.25) is 4.79 Å². The van der Waals surface area contributed by atoms with Crippen LogP contribution in [0.2, 0.25) is 0 Å². The summed E-state index contributed by atoms with van der Waals surface area (Å²) >= 11 is 0. The summed E-state index contributed by atoms with van der Waals surface area (Å²) in [6, 6.07) is 9.53. The summed E-state index contributed by atoms with van der Waals surface area (Å²) in [4.78, 5) is 11.9. The van der Waals surface area contributed by atoms with Crippen molar-refractivity contribution >= 4 is 5.91 Å². The lowest BCUT2D eigenvalue weighted by Crippen LogP contribution is -2.26. The van der Waals surface area contributed by atoms with Crippen LogP contribution in [0.5, 0.6) is 0 Å². The van der Waals surface area contributed by atoms with Gasteiger partial charge in [-0.2, -0.15) is 0 Å². The molecule has 2 rings (SSSR count). The van der Waals surface area contributed by atoms with Crippen molar-refractivity contribution in [3.05, 3.63) is 52.9 Å². The molecule has 0 spiro atoms. The molecule has 1 unspecified atom stereocenters. The van der Waals surface area contributed by atoms with Crippen LogP contribution >= 0.6 is 0 Å². The molecule has 0 aliphatic carbocycles. The van der Waals surface area contributed by atoms with Crippen LogP contribution < -0.4 is 5.32 Å². The van der Waals surface area contributed by atoms with Gasteiger partial charge < -0.3 is 9.84 Å². The van der Waals surface area contributed by atoms with Crippen molar-refractivity contribution in [2.75, 3.05) is 0 Å². The minimum absolute atomic E-state index is 0.0656. The van der Waals surface area contributed by atoms with E-state index in [4.69, 9.17) is 4.52 Å². The number of nitrogens with zero attached hydrogens (tertiary/aromatic N) is 1. The fourth-order valence-electron chi connectivity index (χ4n) is 1.89. The smallest absolute Gasteiger partial charge is 0.290 e. The Kier molecular flexibility index (Phi) is 3.46. The highest BCUT2D eigenvalue weighted by atomic mass is 16.5. The molecule has 1 amide bonds. The van der Waals surface area contributed by atoms with Gasteiger partial charge in [0.05, 0.1) is 11.7 Å². The second-order valence-electron chi connectivity index (χ2n) is 4.38. The quantitative estimate of drug-likeness (QED) is 0.903. The van der Waals surface area contributed by atoms with Gasteiger partial charge in [0.1, 0.15) is 0 Å². The van der Waals surface area contributed by atoms with Gasteiger partial charge in [-0.05, 0) is 31.9 Å². The van der Waals surface area contributed by atoms with Crippen molar-refractivity contribution in [1.29, 1.82) is 0 Å². The van der Waals surface area contributed by atoms with Crippen molar-refractivity contribution in [3.63, 3.8) is 0 Å².